The number of nitrogens with one attached hydrogen (secondary N) is 1. The first-order chi connectivity index (χ1) is 9.60. The van der Waals surface area contributed by atoms with E-state index in [1.54, 1.807) is 16.7 Å². The average Bonchev–Trinajstić information content (AvgIpc) is 3.07. The highest BCUT2D eigenvalue weighted by Gasteiger charge is 2.16. The second-order valence-corrected chi connectivity index (χ2v) is 6.86. The van der Waals surface area contributed by atoms with Crippen LogP contribution in [0.1, 0.15) is 30.8 Å². The van der Waals surface area contributed by atoms with Crippen LogP contribution in [0.25, 0.3) is 9.88 Å². The van der Waals surface area contributed by atoms with E-state index in [0.29, 0.717) is 18.2 Å². The first-order valence-corrected chi connectivity index (χ1v) is 8.36. The van der Waals surface area contributed by atoms with Crippen molar-refractivity contribution in [2.45, 2.75) is 26.3 Å². The van der Waals surface area contributed by atoms with E-state index in [2.05, 4.69) is 24.1 Å². The normalized spacial score (nSPS) is 11.5. The molecule has 4 nitrogen and oxygen atoms in total. The average molecular weight is 382 g/mol. The number of aromatic nitrogens is 1. The molecule has 0 aliphatic heterocycles. The van der Waals surface area contributed by atoms with E-state index in [4.69, 9.17) is 5.73 Å². The van der Waals surface area contributed by atoms with Gasteiger partial charge in [0.2, 0.25) is 0 Å². The van der Waals surface area contributed by atoms with Crippen molar-refractivity contribution in [3.63, 3.8) is 0 Å². The Morgan fingerprint density at radius 1 is 1.36 bits per heavy atom. The zero-order chi connectivity index (χ0) is 14.5. The molecule has 0 radical (unpaired) electrons. The highest BCUT2D eigenvalue weighted by molar-refractivity contribution is 7.20. The molecule has 0 bridgehead atoms. The summed E-state index contributed by atoms with van der Waals surface area (Å²) in [6.45, 7) is 4.69. The van der Waals surface area contributed by atoms with Gasteiger partial charge in [-0.2, -0.15) is 0 Å². The van der Waals surface area contributed by atoms with Crippen molar-refractivity contribution in [2.75, 3.05) is 6.54 Å². The number of halogens is 2. The molecule has 1 atom stereocenters. The predicted octanol–water partition coefficient (Wildman–Crippen LogP) is 3.82. The Morgan fingerprint density at radius 2 is 2.09 bits per heavy atom. The third-order valence-electron chi connectivity index (χ3n) is 2.84. The van der Waals surface area contributed by atoms with Crippen LogP contribution in [0.15, 0.2) is 22.9 Å². The van der Waals surface area contributed by atoms with Gasteiger partial charge in [0.05, 0.1) is 4.88 Å². The van der Waals surface area contributed by atoms with Gasteiger partial charge in [-0.05, 0) is 23.8 Å². The molecule has 1 unspecified atom stereocenters. The number of nitrogens with two attached hydrogens (primary N) is 1. The Kier molecular flexibility index (Phi) is 9.87. The minimum atomic E-state index is -0.139. The SMILES string of the molecule is CC(C)CC(CN)NC(=O)c1csc(-c2cccs2)n1.Cl.Cl. The molecule has 22 heavy (non-hydrogen) atoms. The van der Waals surface area contributed by atoms with Crippen molar-refractivity contribution in [3.8, 4) is 9.88 Å². The molecule has 2 rings (SSSR count). The minimum Gasteiger partial charge on any atom is -0.347 e. The minimum absolute atomic E-state index is 0. The molecule has 0 fully saturated rings. The standard InChI is InChI=1S/C14H19N3OS2.2ClH/c1-9(2)6-10(7-15)16-13(18)11-8-20-14(17-11)12-4-3-5-19-12;;/h3-5,8-10H,6-7,15H2,1-2H3,(H,16,18);2*1H. The zero-order valence-corrected chi connectivity index (χ0v) is 15.7. The molecule has 2 aromatic heterocycles. The van der Waals surface area contributed by atoms with Crippen LogP contribution in [-0.4, -0.2) is 23.5 Å². The van der Waals surface area contributed by atoms with Crippen molar-refractivity contribution in [3.05, 3.63) is 28.6 Å². The molecule has 8 heteroatoms. The van der Waals surface area contributed by atoms with Crippen molar-refractivity contribution in [1.82, 2.24) is 10.3 Å². The molecule has 0 aromatic carbocycles. The fraction of sp³-hybridized carbons (Fsp3) is 0.429. The van der Waals surface area contributed by atoms with Gasteiger partial charge in [0.25, 0.3) is 5.91 Å². The molecular weight excluding hydrogens is 361 g/mol. The van der Waals surface area contributed by atoms with Crippen LogP contribution < -0.4 is 11.1 Å². The van der Waals surface area contributed by atoms with Gasteiger partial charge in [0, 0.05) is 18.0 Å². The first-order valence-electron chi connectivity index (χ1n) is 6.60. The van der Waals surface area contributed by atoms with Gasteiger partial charge in [-0.15, -0.1) is 47.5 Å². The maximum atomic E-state index is 12.2. The zero-order valence-electron chi connectivity index (χ0n) is 12.4. The summed E-state index contributed by atoms with van der Waals surface area (Å²) < 4.78 is 0. The number of carbonyl (C=O) groups is 1. The lowest BCUT2D eigenvalue weighted by Crippen LogP contribution is -2.41. The van der Waals surface area contributed by atoms with Crippen molar-refractivity contribution in [2.24, 2.45) is 11.7 Å². The Bertz CT molecular complexity index is 558. The van der Waals surface area contributed by atoms with Crippen molar-refractivity contribution >= 4 is 53.4 Å². The molecule has 0 spiro atoms. The van der Waals surface area contributed by atoms with Gasteiger partial charge in [0.1, 0.15) is 10.7 Å². The molecule has 2 aromatic rings. The number of nitrogens with zero attached hydrogens (tertiary/aromatic N) is 1. The fourth-order valence-electron chi connectivity index (χ4n) is 1.93. The Hall–Kier alpha value is -0.660. The van der Waals surface area contributed by atoms with Crippen LogP contribution in [0.2, 0.25) is 0 Å². The molecule has 0 saturated carbocycles. The summed E-state index contributed by atoms with van der Waals surface area (Å²) in [5, 5.41) is 7.65. The smallest absolute Gasteiger partial charge is 0.271 e. The number of hydrogen-bond acceptors (Lipinski definition) is 5. The topological polar surface area (TPSA) is 68.0 Å². The maximum Gasteiger partial charge on any atom is 0.271 e. The van der Waals surface area contributed by atoms with Crippen LogP contribution >= 0.6 is 47.5 Å². The summed E-state index contributed by atoms with van der Waals surface area (Å²) in [5.74, 6) is 0.362. The quantitative estimate of drug-likeness (QED) is 0.798. The molecule has 1 amide bonds. The number of carbonyl (C=O) groups excluding carboxylic acids is 1. The lowest BCUT2D eigenvalue weighted by Gasteiger charge is -2.18. The van der Waals surface area contributed by atoms with E-state index in [9.17, 15) is 4.79 Å². The lowest BCUT2D eigenvalue weighted by atomic mass is 10.0. The van der Waals surface area contributed by atoms with Crippen molar-refractivity contribution in [1.29, 1.82) is 0 Å². The van der Waals surface area contributed by atoms with Crippen LogP contribution in [0.5, 0.6) is 0 Å². The summed E-state index contributed by atoms with van der Waals surface area (Å²) in [6.07, 6.45) is 0.879. The number of thiophene rings is 1. The molecular formula is C14H21Cl2N3OS2. The van der Waals surface area contributed by atoms with Gasteiger partial charge < -0.3 is 11.1 Å². The van der Waals surface area contributed by atoms with Gasteiger partial charge in [-0.3, -0.25) is 4.79 Å². The molecule has 0 aliphatic carbocycles. The molecule has 2 heterocycles. The van der Waals surface area contributed by atoms with Gasteiger partial charge in [-0.1, -0.05) is 19.9 Å². The van der Waals surface area contributed by atoms with Gasteiger partial charge >= 0.3 is 0 Å². The van der Waals surface area contributed by atoms with Gasteiger partial charge in [-0.25, -0.2) is 4.98 Å². The molecule has 3 N–H and O–H groups in total. The Labute approximate surface area is 151 Å². The summed E-state index contributed by atoms with van der Waals surface area (Å²) in [4.78, 5) is 17.6. The highest BCUT2D eigenvalue weighted by atomic mass is 35.5. The number of thiazole rings is 1. The van der Waals surface area contributed by atoms with E-state index < -0.39 is 0 Å². The molecule has 124 valence electrons. The van der Waals surface area contributed by atoms with Crippen LogP contribution in [0.3, 0.4) is 0 Å². The van der Waals surface area contributed by atoms with Crippen LogP contribution in [-0.2, 0) is 0 Å². The Balaban J connectivity index is 0.00000220. The number of amides is 1. The molecule has 0 aliphatic rings. The first kappa shape index (κ1) is 21.3. The summed E-state index contributed by atoms with van der Waals surface area (Å²) in [5.41, 5.74) is 6.17. The van der Waals surface area contributed by atoms with E-state index in [-0.39, 0.29) is 36.8 Å². The third kappa shape index (κ3) is 5.85. The maximum absolute atomic E-state index is 12.2. The van der Waals surface area contributed by atoms with E-state index in [1.807, 2.05) is 17.5 Å². The summed E-state index contributed by atoms with van der Waals surface area (Å²) in [6, 6.07) is 4.00. The highest BCUT2D eigenvalue weighted by Crippen LogP contribution is 2.27. The van der Waals surface area contributed by atoms with E-state index in [1.165, 1.54) is 11.3 Å². The second kappa shape index (κ2) is 10.2. The van der Waals surface area contributed by atoms with Crippen LogP contribution in [0.4, 0.5) is 0 Å². The number of rotatable bonds is 6. The summed E-state index contributed by atoms with van der Waals surface area (Å²) in [7, 11) is 0. The summed E-state index contributed by atoms with van der Waals surface area (Å²) >= 11 is 3.12. The number of hydrogen-bond donors (Lipinski definition) is 2. The second-order valence-electron chi connectivity index (χ2n) is 5.05. The molecule has 0 saturated heterocycles. The van der Waals surface area contributed by atoms with Gasteiger partial charge in [0.15, 0.2) is 0 Å². The van der Waals surface area contributed by atoms with E-state index in [0.717, 1.165) is 16.3 Å². The lowest BCUT2D eigenvalue weighted by molar-refractivity contribution is 0.0929. The largest absolute Gasteiger partial charge is 0.347 e. The van der Waals surface area contributed by atoms with Crippen molar-refractivity contribution < 1.29 is 4.79 Å². The monoisotopic (exact) mass is 381 g/mol. The van der Waals surface area contributed by atoms with Crippen LogP contribution in [0, 0.1) is 5.92 Å². The van der Waals surface area contributed by atoms with E-state index >= 15 is 0 Å². The third-order valence-corrected chi connectivity index (χ3v) is 4.73. The predicted molar refractivity (Wildman–Crippen MR) is 99.7 cm³/mol. The fourth-order valence-corrected chi connectivity index (χ4v) is 3.55. The Morgan fingerprint density at radius 3 is 2.64 bits per heavy atom.